The molecule has 0 atom stereocenters. The second kappa shape index (κ2) is 5.25. The number of nitrogens with one attached hydrogen (secondary N) is 1. The number of hydrogen-bond acceptors (Lipinski definition) is 4. The highest BCUT2D eigenvalue weighted by atomic mass is 32.2. The average molecular weight is 212 g/mol. The van der Waals surface area contributed by atoms with Crippen molar-refractivity contribution in [1.29, 1.82) is 0 Å². The fourth-order valence-electron chi connectivity index (χ4n) is 0.456. The lowest BCUT2D eigenvalue weighted by Crippen LogP contribution is -2.13. The van der Waals surface area contributed by atoms with Gasteiger partial charge in [-0.15, -0.1) is 6.42 Å². The molecule has 0 aromatic heterocycles. The number of rotatable bonds is 5. The van der Waals surface area contributed by atoms with Crippen molar-refractivity contribution in [2.24, 2.45) is 4.99 Å². The molecule has 5 heteroatoms. The maximum Gasteiger partial charge on any atom is 0.192 e. The third-order valence-electron chi connectivity index (χ3n) is 1.21. The molecule has 0 bridgehead atoms. The van der Waals surface area contributed by atoms with Gasteiger partial charge in [0.2, 0.25) is 0 Å². The van der Waals surface area contributed by atoms with E-state index in [1.54, 1.807) is 0 Å². The molecule has 0 saturated heterocycles. The van der Waals surface area contributed by atoms with Gasteiger partial charge in [0, 0.05) is 12.0 Å². The van der Waals surface area contributed by atoms with Crippen LogP contribution in [0.3, 0.4) is 0 Å². The zero-order valence-electron chi connectivity index (χ0n) is 7.95. The minimum Gasteiger partial charge on any atom is -0.373 e. The SMILES string of the molecule is C#CCNC(=C)/C=N\C(=C)S(C)(=O)=O. The predicted molar refractivity (Wildman–Crippen MR) is 58.5 cm³/mol. The zero-order chi connectivity index (χ0) is 11.2. The van der Waals surface area contributed by atoms with Gasteiger partial charge in [0.25, 0.3) is 0 Å². The number of nitrogens with zero attached hydrogens (tertiary/aromatic N) is 1. The Bertz CT molecular complexity index is 399. The van der Waals surface area contributed by atoms with Gasteiger partial charge in [0.1, 0.15) is 5.03 Å². The van der Waals surface area contributed by atoms with Crippen molar-refractivity contribution in [1.82, 2.24) is 5.32 Å². The van der Waals surface area contributed by atoms with Crippen LogP contribution in [0.4, 0.5) is 0 Å². The van der Waals surface area contributed by atoms with Crippen LogP contribution in [0.15, 0.2) is 28.9 Å². The van der Waals surface area contributed by atoms with Crippen molar-refractivity contribution in [3.05, 3.63) is 23.9 Å². The highest BCUT2D eigenvalue weighted by Crippen LogP contribution is 2.01. The summed E-state index contributed by atoms with van der Waals surface area (Å²) in [5.41, 5.74) is 0.438. The lowest BCUT2D eigenvalue weighted by molar-refractivity contribution is 0.607. The number of hydrogen-bond donors (Lipinski definition) is 1. The fourth-order valence-corrected chi connectivity index (χ4v) is 0.700. The van der Waals surface area contributed by atoms with Gasteiger partial charge >= 0.3 is 0 Å². The van der Waals surface area contributed by atoms with Crippen molar-refractivity contribution in [3.63, 3.8) is 0 Å². The highest BCUT2D eigenvalue weighted by molar-refractivity contribution is 7.94. The second-order valence-corrected chi connectivity index (χ2v) is 4.52. The molecule has 0 amide bonds. The molecular formula is C9H12N2O2S. The Morgan fingerprint density at radius 3 is 2.64 bits per heavy atom. The van der Waals surface area contributed by atoms with Crippen LogP contribution >= 0.6 is 0 Å². The van der Waals surface area contributed by atoms with E-state index in [1.165, 1.54) is 6.21 Å². The van der Waals surface area contributed by atoms with E-state index in [9.17, 15) is 8.42 Å². The van der Waals surface area contributed by atoms with Crippen molar-refractivity contribution in [2.75, 3.05) is 12.8 Å². The molecule has 76 valence electrons. The molecule has 0 spiro atoms. The highest BCUT2D eigenvalue weighted by Gasteiger charge is 2.04. The van der Waals surface area contributed by atoms with Crippen LogP contribution in [0.5, 0.6) is 0 Å². The number of aliphatic imine (C=N–C) groups is 1. The summed E-state index contributed by atoms with van der Waals surface area (Å²) in [6, 6.07) is 0. The van der Waals surface area contributed by atoms with E-state index in [-0.39, 0.29) is 5.03 Å². The van der Waals surface area contributed by atoms with Crippen molar-refractivity contribution in [2.45, 2.75) is 0 Å². The summed E-state index contributed by atoms with van der Waals surface area (Å²) < 4.78 is 21.7. The van der Waals surface area contributed by atoms with Gasteiger partial charge in [-0.2, -0.15) is 0 Å². The lowest BCUT2D eigenvalue weighted by Gasteiger charge is -1.99. The molecular weight excluding hydrogens is 200 g/mol. The first-order valence-corrected chi connectivity index (χ1v) is 5.56. The molecule has 0 aliphatic rings. The van der Waals surface area contributed by atoms with Gasteiger partial charge in [-0.3, -0.25) is 0 Å². The number of sulfone groups is 1. The molecule has 4 nitrogen and oxygen atoms in total. The molecule has 0 aliphatic heterocycles. The first-order valence-electron chi connectivity index (χ1n) is 3.67. The van der Waals surface area contributed by atoms with Crippen molar-refractivity contribution in [3.8, 4) is 12.3 Å². The summed E-state index contributed by atoms with van der Waals surface area (Å²) in [6.45, 7) is 7.15. The van der Waals surface area contributed by atoms with E-state index in [4.69, 9.17) is 6.42 Å². The summed E-state index contributed by atoms with van der Waals surface area (Å²) in [6.07, 6.45) is 7.29. The minimum atomic E-state index is -3.32. The Labute approximate surface area is 84.3 Å². The quantitative estimate of drug-likeness (QED) is 0.527. The third kappa shape index (κ3) is 5.17. The van der Waals surface area contributed by atoms with Gasteiger partial charge in [-0.1, -0.05) is 19.1 Å². The van der Waals surface area contributed by atoms with Gasteiger partial charge < -0.3 is 5.32 Å². The van der Waals surface area contributed by atoms with E-state index < -0.39 is 9.84 Å². The molecule has 0 unspecified atom stereocenters. The Kier molecular flexibility index (Phi) is 4.67. The Hall–Kier alpha value is -1.54. The largest absolute Gasteiger partial charge is 0.373 e. The maximum atomic E-state index is 10.9. The Balaban J connectivity index is 4.27. The summed E-state index contributed by atoms with van der Waals surface area (Å²) in [4.78, 5) is 3.61. The van der Waals surface area contributed by atoms with Gasteiger partial charge in [-0.25, -0.2) is 13.4 Å². The van der Waals surface area contributed by atoms with E-state index in [1.807, 2.05) is 0 Å². The van der Waals surface area contributed by atoms with Gasteiger partial charge in [0.05, 0.1) is 12.8 Å². The number of terminal acetylenes is 1. The minimum absolute atomic E-state index is 0.207. The third-order valence-corrected chi connectivity index (χ3v) is 2.17. The zero-order valence-corrected chi connectivity index (χ0v) is 8.76. The lowest BCUT2D eigenvalue weighted by atomic mass is 10.5. The van der Waals surface area contributed by atoms with Crippen molar-refractivity contribution >= 4 is 16.1 Å². The molecule has 0 saturated carbocycles. The first kappa shape index (κ1) is 12.5. The standard InChI is InChI=1S/C9H12N2O2S/c1-5-6-10-8(2)7-11-9(3)14(4,12)13/h1,7,10H,2-3,6H2,4H3/b11-7-. The Morgan fingerprint density at radius 2 is 2.21 bits per heavy atom. The van der Waals surface area contributed by atoms with Crippen LogP contribution in [-0.2, 0) is 9.84 Å². The number of allylic oxidation sites excluding steroid dienone is 1. The van der Waals surface area contributed by atoms with Crippen LogP contribution in [0, 0.1) is 12.3 Å². The van der Waals surface area contributed by atoms with Gasteiger partial charge in [0.15, 0.2) is 9.84 Å². The van der Waals surface area contributed by atoms with Crippen LogP contribution < -0.4 is 5.32 Å². The Morgan fingerprint density at radius 1 is 1.64 bits per heavy atom. The molecule has 0 rings (SSSR count). The first-order chi connectivity index (χ1) is 6.38. The second-order valence-electron chi connectivity index (χ2n) is 2.51. The summed E-state index contributed by atoms with van der Waals surface area (Å²) >= 11 is 0. The van der Waals surface area contributed by atoms with Gasteiger partial charge in [-0.05, 0) is 0 Å². The smallest absolute Gasteiger partial charge is 0.192 e. The summed E-state index contributed by atoms with van der Waals surface area (Å²) in [5, 5.41) is 2.52. The van der Waals surface area contributed by atoms with E-state index in [0.29, 0.717) is 12.2 Å². The molecule has 0 aromatic carbocycles. The van der Waals surface area contributed by atoms with Crippen LogP contribution in [0.1, 0.15) is 0 Å². The van der Waals surface area contributed by atoms with E-state index in [0.717, 1.165) is 6.26 Å². The molecule has 1 N–H and O–H groups in total. The van der Waals surface area contributed by atoms with Crippen LogP contribution in [0.2, 0.25) is 0 Å². The monoisotopic (exact) mass is 212 g/mol. The molecule has 0 radical (unpaired) electrons. The molecule has 0 aliphatic carbocycles. The maximum absolute atomic E-state index is 10.9. The normalized spacial score (nSPS) is 10.9. The van der Waals surface area contributed by atoms with Crippen LogP contribution in [0.25, 0.3) is 0 Å². The summed E-state index contributed by atoms with van der Waals surface area (Å²) in [7, 11) is -3.32. The molecule has 0 aromatic rings. The van der Waals surface area contributed by atoms with Crippen molar-refractivity contribution < 1.29 is 8.42 Å². The molecule has 14 heavy (non-hydrogen) atoms. The predicted octanol–water partition coefficient (Wildman–Crippen LogP) is 0.310. The topological polar surface area (TPSA) is 58.5 Å². The molecule has 0 fully saturated rings. The van der Waals surface area contributed by atoms with Crippen LogP contribution in [-0.4, -0.2) is 27.4 Å². The van der Waals surface area contributed by atoms with E-state index >= 15 is 0 Å². The summed E-state index contributed by atoms with van der Waals surface area (Å²) in [5.74, 6) is 2.34. The van der Waals surface area contributed by atoms with E-state index in [2.05, 4.69) is 29.4 Å². The fraction of sp³-hybridized carbons (Fsp3) is 0.222. The average Bonchev–Trinajstić information content (AvgIpc) is 2.09. The molecule has 0 heterocycles.